The lowest BCUT2D eigenvalue weighted by Gasteiger charge is -2.37. The molecule has 1 aliphatic rings. The second kappa shape index (κ2) is 11.6. The fraction of sp³-hybridized carbons (Fsp3) is 0.391. The summed E-state index contributed by atoms with van der Waals surface area (Å²) >= 11 is 1.16. The number of methoxy groups -OCH3 is 1. The lowest BCUT2D eigenvalue weighted by molar-refractivity contribution is -0.122. The molecule has 0 spiro atoms. The van der Waals surface area contributed by atoms with Crippen LogP contribution >= 0.6 is 11.3 Å². The second-order valence-corrected chi connectivity index (χ2v) is 11.0. The Labute approximate surface area is 208 Å². The van der Waals surface area contributed by atoms with E-state index in [0.29, 0.717) is 23.0 Å². The van der Waals surface area contributed by atoms with Crippen molar-refractivity contribution in [2.75, 3.05) is 31.2 Å². The van der Waals surface area contributed by atoms with Crippen molar-refractivity contribution in [3.05, 3.63) is 42.2 Å². The van der Waals surface area contributed by atoms with Crippen LogP contribution in [0, 0.1) is 5.82 Å². The van der Waals surface area contributed by atoms with Gasteiger partial charge in [-0.15, -0.1) is 0 Å². The average Bonchev–Trinajstić information content (AvgIpc) is 3.20. The number of carboxylic acid groups (broad SMARTS) is 1. The number of halogens is 1. The monoisotopic (exact) mass is 524 g/mol. The molecule has 12 heteroatoms. The second-order valence-electron chi connectivity index (χ2n) is 8.28. The van der Waals surface area contributed by atoms with Gasteiger partial charge >= 0.3 is 0 Å². The molecule has 1 saturated carbocycles. The van der Waals surface area contributed by atoms with E-state index in [9.17, 15) is 12.8 Å². The molecule has 0 bridgehead atoms. The third-order valence-corrected chi connectivity index (χ3v) is 8.22. The van der Waals surface area contributed by atoms with E-state index in [4.69, 9.17) is 14.6 Å². The first-order chi connectivity index (χ1) is 16.7. The van der Waals surface area contributed by atoms with E-state index in [1.54, 1.807) is 31.4 Å². The number of fused-ring (bicyclic) bond motifs is 1. The van der Waals surface area contributed by atoms with E-state index < -0.39 is 20.7 Å². The Bertz CT molecular complexity index is 1270. The average molecular weight is 525 g/mol. The van der Waals surface area contributed by atoms with Gasteiger partial charge in [0.1, 0.15) is 16.5 Å². The van der Waals surface area contributed by atoms with Crippen molar-refractivity contribution in [3.63, 3.8) is 0 Å². The van der Waals surface area contributed by atoms with Crippen molar-refractivity contribution in [1.82, 2.24) is 9.88 Å². The molecule has 3 aromatic rings. The molecule has 3 N–H and O–H groups in total. The third kappa shape index (κ3) is 6.59. The molecule has 2 atom stereocenters. The van der Waals surface area contributed by atoms with Crippen LogP contribution in [-0.4, -0.2) is 63.2 Å². The summed E-state index contributed by atoms with van der Waals surface area (Å²) < 4.78 is 48.9. The normalized spacial score (nSPS) is 18.0. The topological polar surface area (TPSA) is 121 Å². The fourth-order valence-corrected chi connectivity index (χ4v) is 6.36. The number of hydrogen-bond donors (Lipinski definition) is 3. The predicted octanol–water partition coefficient (Wildman–Crippen LogP) is 4.23. The number of aromatic nitrogens is 1. The first-order valence-corrected chi connectivity index (χ1v) is 13.3. The standard InChI is InChI=1S/C22H27FN4O3S2.CH2O2/c1-27(2)19-7-5-4-6-17(19)24-14-8-11-21(16(23)12-14)32(28,29)26-22-25-18-10-9-15(30-3)13-20(18)31-22;2-1-3/h8-13,17,19,24H,4-7H2,1-3H3,(H,25,26);1H,(H,2,3)/t17-,19-;/m0./s1. The van der Waals surface area contributed by atoms with Crippen LogP contribution in [0.3, 0.4) is 0 Å². The number of nitrogens with zero attached hydrogens (tertiary/aromatic N) is 2. The van der Waals surface area contributed by atoms with Gasteiger partial charge < -0.3 is 20.1 Å². The predicted molar refractivity (Wildman–Crippen MR) is 135 cm³/mol. The highest BCUT2D eigenvalue weighted by atomic mass is 32.2. The van der Waals surface area contributed by atoms with Crippen LogP contribution in [-0.2, 0) is 14.8 Å². The van der Waals surface area contributed by atoms with E-state index in [-0.39, 0.29) is 17.6 Å². The summed E-state index contributed by atoms with van der Waals surface area (Å²) in [5, 5.41) is 10.5. The summed E-state index contributed by atoms with van der Waals surface area (Å²) in [5.41, 5.74) is 1.21. The quantitative estimate of drug-likeness (QED) is 0.393. The zero-order valence-electron chi connectivity index (χ0n) is 19.7. The molecular weight excluding hydrogens is 495 g/mol. The van der Waals surface area contributed by atoms with Crippen LogP contribution in [0.25, 0.3) is 10.2 Å². The molecule has 0 radical (unpaired) electrons. The molecule has 1 heterocycles. The van der Waals surface area contributed by atoms with Gasteiger partial charge in [0.15, 0.2) is 5.13 Å². The number of thiazole rings is 1. The SMILES string of the molecule is COc1ccc2nc(NS(=O)(=O)c3ccc(N[C@H]4CCCC[C@@H]4N(C)C)cc3F)sc2c1.O=CO. The van der Waals surface area contributed by atoms with Gasteiger partial charge in [-0.3, -0.25) is 9.52 Å². The molecule has 0 amide bonds. The summed E-state index contributed by atoms with van der Waals surface area (Å²) in [7, 11) is 1.52. The first kappa shape index (κ1) is 26.6. The number of carbonyl (C=O) groups is 1. The lowest BCUT2D eigenvalue weighted by Crippen LogP contribution is -2.45. The molecule has 9 nitrogen and oxygen atoms in total. The number of ether oxygens (including phenoxy) is 1. The lowest BCUT2D eigenvalue weighted by atomic mass is 9.89. The molecule has 0 unspecified atom stereocenters. The molecule has 4 rings (SSSR count). The largest absolute Gasteiger partial charge is 0.497 e. The molecule has 1 aromatic heterocycles. The summed E-state index contributed by atoms with van der Waals surface area (Å²) in [4.78, 5) is 14.4. The Morgan fingerprint density at radius 3 is 2.57 bits per heavy atom. The van der Waals surface area contributed by atoms with Gasteiger partial charge in [0, 0.05) is 17.8 Å². The summed E-state index contributed by atoms with van der Waals surface area (Å²) in [6, 6.07) is 9.98. The number of nitrogens with one attached hydrogen (secondary N) is 2. The van der Waals surface area contributed by atoms with Crippen LogP contribution in [0.1, 0.15) is 25.7 Å². The van der Waals surface area contributed by atoms with Gasteiger partial charge in [0.2, 0.25) is 0 Å². The maximum atomic E-state index is 14.9. The minimum absolute atomic E-state index is 0.172. The number of benzene rings is 2. The fourth-order valence-electron chi connectivity index (χ4n) is 4.17. The summed E-state index contributed by atoms with van der Waals surface area (Å²) in [6.07, 6.45) is 4.37. The molecule has 2 aromatic carbocycles. The Kier molecular flexibility index (Phi) is 8.87. The molecule has 1 aliphatic carbocycles. The highest BCUT2D eigenvalue weighted by Gasteiger charge is 2.27. The minimum Gasteiger partial charge on any atom is -0.497 e. The Morgan fingerprint density at radius 1 is 1.20 bits per heavy atom. The van der Waals surface area contributed by atoms with Crippen molar-refractivity contribution in [2.24, 2.45) is 0 Å². The van der Waals surface area contributed by atoms with Gasteiger partial charge in [0.05, 0.1) is 17.3 Å². The van der Waals surface area contributed by atoms with Crippen LogP contribution in [0.5, 0.6) is 5.75 Å². The van der Waals surface area contributed by atoms with Gasteiger partial charge in [-0.2, -0.15) is 0 Å². The number of sulfonamides is 1. The minimum atomic E-state index is -4.13. The zero-order chi connectivity index (χ0) is 25.6. The summed E-state index contributed by atoms with van der Waals surface area (Å²) in [5.74, 6) is -0.151. The molecule has 35 heavy (non-hydrogen) atoms. The van der Waals surface area contributed by atoms with E-state index in [1.165, 1.54) is 18.6 Å². The number of anilines is 2. The van der Waals surface area contributed by atoms with Crippen LogP contribution in [0.4, 0.5) is 15.2 Å². The van der Waals surface area contributed by atoms with Crippen LogP contribution < -0.4 is 14.8 Å². The highest BCUT2D eigenvalue weighted by Crippen LogP contribution is 2.31. The van der Waals surface area contributed by atoms with Crippen molar-refractivity contribution in [2.45, 2.75) is 42.7 Å². The van der Waals surface area contributed by atoms with Crippen molar-refractivity contribution >= 4 is 48.9 Å². The molecule has 1 fully saturated rings. The van der Waals surface area contributed by atoms with Crippen molar-refractivity contribution < 1.29 is 27.4 Å². The number of rotatable bonds is 7. The van der Waals surface area contributed by atoms with Gasteiger partial charge in [-0.05, 0) is 63.3 Å². The summed E-state index contributed by atoms with van der Waals surface area (Å²) in [6.45, 7) is -0.250. The maximum absolute atomic E-state index is 14.9. The number of likely N-dealkylation sites (N-methyl/N-ethyl adjacent to an activating group) is 1. The third-order valence-electron chi connectivity index (χ3n) is 5.78. The van der Waals surface area contributed by atoms with E-state index in [0.717, 1.165) is 35.3 Å². The number of hydrogen-bond acceptors (Lipinski definition) is 8. The Hall–Kier alpha value is -2.96. The smallest absolute Gasteiger partial charge is 0.290 e. The Balaban J connectivity index is 0.00000108. The zero-order valence-corrected chi connectivity index (χ0v) is 21.3. The van der Waals surface area contributed by atoms with E-state index >= 15 is 0 Å². The van der Waals surface area contributed by atoms with Crippen molar-refractivity contribution in [3.8, 4) is 5.75 Å². The van der Waals surface area contributed by atoms with Crippen molar-refractivity contribution in [1.29, 1.82) is 0 Å². The van der Waals surface area contributed by atoms with Gasteiger partial charge in [0.25, 0.3) is 16.5 Å². The Morgan fingerprint density at radius 2 is 1.91 bits per heavy atom. The maximum Gasteiger partial charge on any atom is 0.290 e. The van der Waals surface area contributed by atoms with E-state index in [2.05, 4.69) is 19.9 Å². The van der Waals surface area contributed by atoms with Gasteiger partial charge in [-0.25, -0.2) is 17.8 Å². The molecule has 0 aliphatic heterocycles. The van der Waals surface area contributed by atoms with E-state index in [1.807, 2.05) is 14.1 Å². The van der Waals surface area contributed by atoms with Crippen LogP contribution in [0.15, 0.2) is 41.3 Å². The molecule has 190 valence electrons. The first-order valence-electron chi connectivity index (χ1n) is 11.0. The molecular formula is C23H29FN4O5S2. The highest BCUT2D eigenvalue weighted by molar-refractivity contribution is 7.93. The van der Waals surface area contributed by atoms with Crippen LogP contribution in [0.2, 0.25) is 0 Å². The van der Waals surface area contributed by atoms with Gasteiger partial charge in [-0.1, -0.05) is 24.2 Å². The molecule has 0 saturated heterocycles.